The van der Waals surface area contributed by atoms with Crippen molar-refractivity contribution in [3.8, 4) is 0 Å². The molecular weight excluding hydrogens is 574 g/mol. The number of rotatable bonds is 12. The largest absolute Gasteiger partial charge is 0.458 e. The molecule has 13 heteroatoms. The van der Waals surface area contributed by atoms with Gasteiger partial charge in [-0.15, -0.1) is 12.4 Å². The number of aromatic nitrogens is 2. The number of carbonyl (C=O) groups is 3. The molecule has 0 fully saturated rings. The van der Waals surface area contributed by atoms with Crippen molar-refractivity contribution in [2.45, 2.75) is 58.4 Å². The lowest BCUT2D eigenvalue weighted by molar-refractivity contribution is -0.157. The highest BCUT2D eigenvalue weighted by atomic mass is 35.5. The van der Waals surface area contributed by atoms with E-state index in [1.165, 1.54) is 0 Å². The molecular formula is C30H40ClN7O5. The van der Waals surface area contributed by atoms with E-state index in [4.69, 9.17) is 9.47 Å². The summed E-state index contributed by atoms with van der Waals surface area (Å²) >= 11 is 0. The molecule has 0 bridgehead atoms. The standard InChI is InChI=1S/C30H39N7O5.ClH/c1-30(2,3)42-27(39)24(36-29(40)41-20-21-10-5-4-6-11-21)19-34-26(38)22-12-9-13-25-23(22)18-35-37(25)17-8-7-14-31-28-32-15-16-33-28;/h4-6,9-13,18,24H,7-8,14-17,19-20H2,1-3H3,(H,34,38)(H,36,40)(H2,31,32,33);1H/t24-;/m0./s1. The molecule has 2 aromatic carbocycles. The van der Waals surface area contributed by atoms with Crippen LogP contribution >= 0.6 is 12.4 Å². The Hall–Kier alpha value is -4.32. The van der Waals surface area contributed by atoms with Crippen LogP contribution in [0.15, 0.2) is 59.7 Å². The highest BCUT2D eigenvalue weighted by Gasteiger charge is 2.28. The first-order chi connectivity index (χ1) is 20.2. The highest BCUT2D eigenvalue weighted by Crippen LogP contribution is 2.19. The zero-order valence-electron chi connectivity index (χ0n) is 24.7. The summed E-state index contributed by atoms with van der Waals surface area (Å²) in [6.07, 6.45) is 2.71. The number of unbranched alkanes of at least 4 members (excludes halogenated alkanes) is 1. The number of hydrogen-bond acceptors (Lipinski definition) is 9. The van der Waals surface area contributed by atoms with E-state index in [0.29, 0.717) is 17.5 Å². The van der Waals surface area contributed by atoms with Crippen molar-refractivity contribution in [2.24, 2.45) is 4.99 Å². The molecule has 0 spiro atoms. The predicted octanol–water partition coefficient (Wildman–Crippen LogP) is 3.15. The summed E-state index contributed by atoms with van der Waals surface area (Å²) in [5.74, 6) is -0.235. The summed E-state index contributed by atoms with van der Waals surface area (Å²) in [4.78, 5) is 42.9. The quantitative estimate of drug-likeness (QED) is 0.180. The van der Waals surface area contributed by atoms with Crippen molar-refractivity contribution in [2.75, 3.05) is 26.2 Å². The van der Waals surface area contributed by atoms with E-state index in [0.717, 1.165) is 49.5 Å². The number of alkyl carbamates (subject to hydrolysis) is 1. The molecule has 2 heterocycles. The Labute approximate surface area is 257 Å². The fraction of sp³-hybridized carbons (Fsp3) is 0.433. The van der Waals surface area contributed by atoms with Crippen LogP contribution < -0.4 is 21.3 Å². The fourth-order valence-electron chi connectivity index (χ4n) is 4.35. The van der Waals surface area contributed by atoms with Gasteiger partial charge in [-0.2, -0.15) is 5.10 Å². The third-order valence-electron chi connectivity index (χ3n) is 6.36. The minimum Gasteiger partial charge on any atom is -0.458 e. The SMILES string of the molecule is CC(C)(C)OC(=O)[C@H](CNC(=O)c1cccc2c1cnn2CCCCNC1=NCCN1)NC(=O)OCc1ccccc1.Cl. The summed E-state index contributed by atoms with van der Waals surface area (Å²) < 4.78 is 12.6. The normalized spacial score (nSPS) is 13.2. The zero-order chi connectivity index (χ0) is 30.0. The molecule has 1 aliphatic heterocycles. The Bertz CT molecular complexity index is 1400. The van der Waals surface area contributed by atoms with Crippen LogP contribution in [0.4, 0.5) is 4.79 Å². The number of esters is 1. The number of fused-ring (bicyclic) bond motifs is 1. The van der Waals surface area contributed by atoms with Gasteiger partial charge in [-0.1, -0.05) is 36.4 Å². The number of nitrogens with zero attached hydrogens (tertiary/aromatic N) is 3. The number of nitrogens with one attached hydrogen (secondary N) is 4. The van der Waals surface area contributed by atoms with E-state index in [-0.39, 0.29) is 25.6 Å². The highest BCUT2D eigenvalue weighted by molar-refractivity contribution is 6.06. The number of carbonyl (C=O) groups excluding carboxylic acids is 3. The Balaban J connectivity index is 0.00000506. The maximum Gasteiger partial charge on any atom is 0.408 e. The molecule has 1 aliphatic rings. The Morgan fingerprint density at radius 2 is 1.86 bits per heavy atom. The summed E-state index contributed by atoms with van der Waals surface area (Å²) in [5.41, 5.74) is 1.27. The smallest absolute Gasteiger partial charge is 0.408 e. The van der Waals surface area contributed by atoms with Crippen LogP contribution in [0.25, 0.3) is 10.9 Å². The third-order valence-corrected chi connectivity index (χ3v) is 6.36. The van der Waals surface area contributed by atoms with Crippen LogP contribution in [-0.2, 0) is 27.4 Å². The number of ether oxygens (including phenoxy) is 2. The van der Waals surface area contributed by atoms with Gasteiger partial charge in [0.15, 0.2) is 5.96 Å². The average molecular weight is 614 g/mol. The topological polar surface area (TPSA) is 148 Å². The molecule has 2 amide bonds. The monoisotopic (exact) mass is 613 g/mol. The summed E-state index contributed by atoms with van der Waals surface area (Å²) in [6, 6.07) is 13.4. The Morgan fingerprint density at radius 3 is 2.58 bits per heavy atom. The first-order valence-electron chi connectivity index (χ1n) is 14.1. The van der Waals surface area contributed by atoms with Gasteiger partial charge in [0.1, 0.15) is 18.2 Å². The van der Waals surface area contributed by atoms with E-state index < -0.39 is 29.6 Å². The second-order valence-electron chi connectivity index (χ2n) is 10.9. The van der Waals surface area contributed by atoms with Crippen LogP contribution in [-0.4, -0.2) is 71.5 Å². The first-order valence-corrected chi connectivity index (χ1v) is 14.1. The van der Waals surface area contributed by atoms with Crippen molar-refractivity contribution < 1.29 is 23.9 Å². The molecule has 232 valence electrons. The number of amides is 2. The second-order valence-corrected chi connectivity index (χ2v) is 10.9. The number of aliphatic imine (C=N–C) groups is 1. The molecule has 3 aromatic rings. The lowest BCUT2D eigenvalue weighted by Crippen LogP contribution is -2.50. The van der Waals surface area contributed by atoms with Crippen LogP contribution in [0.5, 0.6) is 0 Å². The van der Waals surface area contributed by atoms with E-state index in [1.54, 1.807) is 39.1 Å². The van der Waals surface area contributed by atoms with Crippen LogP contribution in [0, 0.1) is 0 Å². The van der Waals surface area contributed by atoms with Gasteiger partial charge in [-0.3, -0.25) is 14.5 Å². The molecule has 43 heavy (non-hydrogen) atoms. The average Bonchev–Trinajstić information content (AvgIpc) is 3.63. The number of halogens is 1. The number of hydrogen-bond donors (Lipinski definition) is 4. The van der Waals surface area contributed by atoms with Crippen molar-refractivity contribution in [3.05, 3.63) is 65.9 Å². The van der Waals surface area contributed by atoms with E-state index >= 15 is 0 Å². The second kappa shape index (κ2) is 15.8. The predicted molar refractivity (Wildman–Crippen MR) is 166 cm³/mol. The van der Waals surface area contributed by atoms with E-state index in [9.17, 15) is 14.4 Å². The molecule has 0 unspecified atom stereocenters. The lowest BCUT2D eigenvalue weighted by atomic mass is 10.1. The molecule has 1 atom stereocenters. The van der Waals surface area contributed by atoms with Gasteiger partial charge >= 0.3 is 12.1 Å². The van der Waals surface area contributed by atoms with Crippen molar-refractivity contribution in [1.29, 1.82) is 0 Å². The van der Waals surface area contributed by atoms with Crippen LogP contribution in [0.2, 0.25) is 0 Å². The van der Waals surface area contributed by atoms with Gasteiger partial charge in [0, 0.05) is 31.6 Å². The van der Waals surface area contributed by atoms with E-state index in [1.807, 2.05) is 41.1 Å². The number of guanidine groups is 1. The number of benzene rings is 2. The maximum absolute atomic E-state index is 13.2. The van der Waals surface area contributed by atoms with Gasteiger partial charge in [0.05, 0.1) is 23.8 Å². The Kier molecular flexibility index (Phi) is 12.2. The lowest BCUT2D eigenvalue weighted by Gasteiger charge is -2.24. The zero-order valence-corrected chi connectivity index (χ0v) is 25.5. The van der Waals surface area contributed by atoms with Crippen molar-refractivity contribution >= 4 is 47.2 Å². The summed E-state index contributed by atoms with van der Waals surface area (Å²) in [6.45, 7) is 8.21. The minimum absolute atomic E-state index is 0. The third kappa shape index (κ3) is 10.2. The summed E-state index contributed by atoms with van der Waals surface area (Å²) in [5, 5.41) is 16.9. The molecule has 0 aliphatic carbocycles. The first kappa shape index (κ1) is 33.2. The van der Waals surface area contributed by atoms with Crippen molar-refractivity contribution in [1.82, 2.24) is 31.0 Å². The number of aryl methyl sites for hydroxylation is 1. The summed E-state index contributed by atoms with van der Waals surface area (Å²) in [7, 11) is 0. The van der Waals surface area contributed by atoms with Crippen molar-refractivity contribution in [3.63, 3.8) is 0 Å². The van der Waals surface area contributed by atoms with Gasteiger partial charge in [0.25, 0.3) is 5.91 Å². The Morgan fingerprint density at radius 1 is 1.07 bits per heavy atom. The van der Waals surface area contributed by atoms with Gasteiger partial charge in [-0.05, 0) is 51.3 Å². The van der Waals surface area contributed by atoms with Gasteiger partial charge < -0.3 is 30.7 Å². The molecule has 1 aromatic heterocycles. The maximum atomic E-state index is 13.2. The fourth-order valence-corrected chi connectivity index (χ4v) is 4.35. The van der Waals surface area contributed by atoms with Crippen LogP contribution in [0.3, 0.4) is 0 Å². The molecule has 12 nitrogen and oxygen atoms in total. The molecule has 4 N–H and O–H groups in total. The van der Waals surface area contributed by atoms with Crippen LogP contribution in [0.1, 0.15) is 49.5 Å². The molecule has 0 saturated heterocycles. The van der Waals surface area contributed by atoms with Gasteiger partial charge in [0.2, 0.25) is 0 Å². The van der Waals surface area contributed by atoms with E-state index in [2.05, 4.69) is 31.4 Å². The minimum atomic E-state index is -1.16. The molecule has 0 radical (unpaired) electrons. The van der Waals surface area contributed by atoms with Gasteiger partial charge in [-0.25, -0.2) is 9.59 Å². The molecule has 4 rings (SSSR count). The molecule has 0 saturated carbocycles.